The van der Waals surface area contributed by atoms with E-state index in [2.05, 4.69) is 9.88 Å². The predicted molar refractivity (Wildman–Crippen MR) is 62.8 cm³/mol. The van der Waals surface area contributed by atoms with Crippen LogP contribution in [0, 0.1) is 0 Å². The molecule has 1 saturated heterocycles. The van der Waals surface area contributed by atoms with Gasteiger partial charge in [-0.05, 0) is 18.2 Å². The molecule has 1 fully saturated rings. The molecule has 4 heteroatoms. The summed E-state index contributed by atoms with van der Waals surface area (Å²) in [6.07, 6.45) is 4.84. The van der Waals surface area contributed by atoms with Gasteiger partial charge in [-0.3, -0.25) is 4.98 Å². The number of thioether (sulfide) groups is 1. The monoisotopic (exact) mass is 209 g/mol. The van der Waals surface area contributed by atoms with Crippen molar-refractivity contribution in [1.82, 2.24) is 4.98 Å². The Morgan fingerprint density at radius 1 is 1.29 bits per heavy atom. The fraction of sp³-hybridized carbons (Fsp3) is 0.500. The third-order valence-electron chi connectivity index (χ3n) is 2.33. The Kier molecular flexibility index (Phi) is 3.14. The zero-order valence-corrected chi connectivity index (χ0v) is 8.96. The smallest absolute Gasteiger partial charge is 0.0573 e. The van der Waals surface area contributed by atoms with E-state index >= 15 is 0 Å². The summed E-state index contributed by atoms with van der Waals surface area (Å²) in [6, 6.07) is 2.00. The van der Waals surface area contributed by atoms with Crippen LogP contribution in [-0.2, 0) is 0 Å². The minimum atomic E-state index is 0.749. The van der Waals surface area contributed by atoms with Crippen LogP contribution in [0.2, 0.25) is 0 Å². The van der Waals surface area contributed by atoms with Crippen molar-refractivity contribution < 1.29 is 0 Å². The Balaban J connectivity index is 2.12. The van der Waals surface area contributed by atoms with Crippen molar-refractivity contribution in [3.8, 4) is 0 Å². The van der Waals surface area contributed by atoms with Crippen molar-refractivity contribution in [2.45, 2.75) is 6.42 Å². The molecule has 1 aliphatic rings. The van der Waals surface area contributed by atoms with Gasteiger partial charge in [0.1, 0.15) is 0 Å². The van der Waals surface area contributed by atoms with E-state index in [9.17, 15) is 0 Å². The number of hydrogen-bond acceptors (Lipinski definition) is 4. The number of rotatable bonds is 1. The van der Waals surface area contributed by atoms with Gasteiger partial charge in [-0.15, -0.1) is 0 Å². The highest BCUT2D eigenvalue weighted by molar-refractivity contribution is 7.99. The van der Waals surface area contributed by atoms with Crippen molar-refractivity contribution in [3.05, 3.63) is 18.5 Å². The number of aromatic nitrogens is 1. The van der Waals surface area contributed by atoms with E-state index in [0.717, 1.165) is 24.5 Å². The molecule has 0 amide bonds. The Morgan fingerprint density at radius 2 is 2.21 bits per heavy atom. The van der Waals surface area contributed by atoms with Crippen molar-refractivity contribution >= 4 is 23.1 Å². The van der Waals surface area contributed by atoms with Gasteiger partial charge < -0.3 is 10.6 Å². The maximum absolute atomic E-state index is 5.71. The summed E-state index contributed by atoms with van der Waals surface area (Å²) in [4.78, 5) is 6.48. The summed E-state index contributed by atoms with van der Waals surface area (Å²) in [5.74, 6) is 2.47. The quantitative estimate of drug-likeness (QED) is 0.763. The van der Waals surface area contributed by atoms with Gasteiger partial charge in [0.2, 0.25) is 0 Å². The number of nitrogens with two attached hydrogens (primary N) is 1. The van der Waals surface area contributed by atoms with Crippen molar-refractivity contribution in [2.24, 2.45) is 0 Å². The zero-order chi connectivity index (χ0) is 9.80. The molecule has 0 unspecified atom stereocenters. The standard InChI is InChI=1S/C10H15N3S/c11-9-6-10(8-12-7-9)13-2-1-4-14-5-3-13/h6-8H,1-5,11H2. The van der Waals surface area contributed by atoms with Gasteiger partial charge in [0.15, 0.2) is 0 Å². The van der Waals surface area contributed by atoms with Crippen LogP contribution < -0.4 is 10.6 Å². The lowest BCUT2D eigenvalue weighted by Gasteiger charge is -2.21. The zero-order valence-electron chi connectivity index (χ0n) is 8.15. The first-order valence-electron chi connectivity index (χ1n) is 4.89. The molecule has 0 atom stereocenters. The van der Waals surface area contributed by atoms with E-state index < -0.39 is 0 Å². The maximum atomic E-state index is 5.71. The molecule has 76 valence electrons. The van der Waals surface area contributed by atoms with Gasteiger partial charge >= 0.3 is 0 Å². The van der Waals surface area contributed by atoms with Crippen molar-refractivity contribution in [2.75, 3.05) is 35.2 Å². The molecule has 2 N–H and O–H groups in total. The molecule has 0 spiro atoms. The van der Waals surface area contributed by atoms with Gasteiger partial charge in [-0.25, -0.2) is 0 Å². The largest absolute Gasteiger partial charge is 0.397 e. The Labute approximate surface area is 88.7 Å². The number of nitrogens with zero attached hydrogens (tertiary/aromatic N) is 2. The van der Waals surface area contributed by atoms with Gasteiger partial charge in [0.05, 0.1) is 17.6 Å². The highest BCUT2D eigenvalue weighted by Crippen LogP contribution is 2.19. The summed E-state index contributed by atoms with van der Waals surface area (Å²) in [7, 11) is 0. The number of hydrogen-bond donors (Lipinski definition) is 1. The molecule has 14 heavy (non-hydrogen) atoms. The minimum absolute atomic E-state index is 0.749. The van der Waals surface area contributed by atoms with Crippen molar-refractivity contribution in [1.29, 1.82) is 0 Å². The SMILES string of the molecule is Nc1cncc(N2CCCSCC2)c1. The van der Waals surface area contributed by atoms with E-state index in [0.29, 0.717) is 0 Å². The van der Waals surface area contributed by atoms with Crippen LogP contribution in [0.25, 0.3) is 0 Å². The van der Waals surface area contributed by atoms with Crippen LogP contribution in [0.1, 0.15) is 6.42 Å². The van der Waals surface area contributed by atoms with E-state index in [1.165, 1.54) is 17.9 Å². The first-order valence-corrected chi connectivity index (χ1v) is 6.05. The summed E-state index contributed by atoms with van der Waals surface area (Å²) in [5, 5.41) is 0. The summed E-state index contributed by atoms with van der Waals surface area (Å²) >= 11 is 2.03. The second-order valence-corrected chi connectivity index (χ2v) is 4.65. The molecule has 2 heterocycles. The third kappa shape index (κ3) is 2.32. The van der Waals surface area contributed by atoms with Gasteiger partial charge in [-0.2, -0.15) is 11.8 Å². The lowest BCUT2D eigenvalue weighted by molar-refractivity contribution is 0.814. The molecule has 1 aromatic rings. The molecular formula is C10H15N3S. The van der Waals surface area contributed by atoms with E-state index in [1.807, 2.05) is 24.0 Å². The molecule has 0 aliphatic carbocycles. The fourth-order valence-electron chi connectivity index (χ4n) is 1.62. The predicted octanol–water partition coefficient (Wildman–Crippen LogP) is 1.61. The molecule has 1 aromatic heterocycles. The van der Waals surface area contributed by atoms with E-state index in [-0.39, 0.29) is 0 Å². The molecule has 0 radical (unpaired) electrons. The van der Waals surface area contributed by atoms with Gasteiger partial charge in [-0.1, -0.05) is 0 Å². The average Bonchev–Trinajstić information content (AvgIpc) is 2.45. The van der Waals surface area contributed by atoms with Gasteiger partial charge in [0, 0.05) is 25.0 Å². The second-order valence-electron chi connectivity index (χ2n) is 3.43. The second kappa shape index (κ2) is 4.55. The Bertz CT molecular complexity index is 295. The average molecular weight is 209 g/mol. The van der Waals surface area contributed by atoms with Crippen molar-refractivity contribution in [3.63, 3.8) is 0 Å². The third-order valence-corrected chi connectivity index (χ3v) is 3.38. The molecule has 3 nitrogen and oxygen atoms in total. The lowest BCUT2D eigenvalue weighted by Crippen LogP contribution is -2.25. The lowest BCUT2D eigenvalue weighted by atomic mass is 10.3. The number of pyridine rings is 1. The molecule has 0 saturated carbocycles. The van der Waals surface area contributed by atoms with Crippen LogP contribution >= 0.6 is 11.8 Å². The fourth-order valence-corrected chi connectivity index (χ4v) is 2.51. The minimum Gasteiger partial charge on any atom is -0.397 e. The molecule has 2 rings (SSSR count). The number of nitrogen functional groups attached to an aromatic ring is 1. The Morgan fingerprint density at radius 3 is 3.07 bits per heavy atom. The first kappa shape index (κ1) is 9.65. The first-order chi connectivity index (χ1) is 6.86. The van der Waals surface area contributed by atoms with E-state index in [1.54, 1.807) is 6.20 Å². The van der Waals surface area contributed by atoms with Crippen LogP contribution in [0.5, 0.6) is 0 Å². The van der Waals surface area contributed by atoms with Crippen LogP contribution in [-0.4, -0.2) is 29.6 Å². The normalized spacial score (nSPS) is 17.9. The molecular weight excluding hydrogens is 194 g/mol. The van der Waals surface area contributed by atoms with Gasteiger partial charge in [0.25, 0.3) is 0 Å². The molecule has 0 bridgehead atoms. The van der Waals surface area contributed by atoms with E-state index in [4.69, 9.17) is 5.73 Å². The Hall–Kier alpha value is -0.900. The molecule has 0 aromatic carbocycles. The molecule has 1 aliphatic heterocycles. The summed E-state index contributed by atoms with van der Waals surface area (Å²) in [5.41, 5.74) is 7.62. The maximum Gasteiger partial charge on any atom is 0.0573 e. The van der Waals surface area contributed by atoms with Crippen LogP contribution in [0.3, 0.4) is 0 Å². The van der Waals surface area contributed by atoms with Crippen LogP contribution in [0.4, 0.5) is 11.4 Å². The van der Waals surface area contributed by atoms with Crippen LogP contribution in [0.15, 0.2) is 18.5 Å². The summed E-state index contributed by atoms with van der Waals surface area (Å²) < 4.78 is 0. The number of anilines is 2. The highest BCUT2D eigenvalue weighted by Gasteiger charge is 2.09. The summed E-state index contributed by atoms with van der Waals surface area (Å²) in [6.45, 7) is 2.23. The highest BCUT2D eigenvalue weighted by atomic mass is 32.2. The topological polar surface area (TPSA) is 42.1 Å².